The number of aryl methyl sites for hydroxylation is 1. The van der Waals surface area contributed by atoms with E-state index in [-0.39, 0.29) is 29.9 Å². The number of carbonyl (C=O) groups is 1. The summed E-state index contributed by atoms with van der Waals surface area (Å²) in [5, 5.41) is 1.02. The number of benzene rings is 3. The van der Waals surface area contributed by atoms with Crippen molar-refractivity contribution in [2.45, 2.75) is 33.5 Å². The van der Waals surface area contributed by atoms with Gasteiger partial charge in [-0.15, -0.1) is 0 Å². The minimum atomic E-state index is -0.382. The summed E-state index contributed by atoms with van der Waals surface area (Å²) in [4.78, 5) is 25.3. The number of fused-ring (bicyclic) bond motifs is 1. The Morgan fingerprint density at radius 1 is 1.00 bits per heavy atom. The van der Waals surface area contributed by atoms with E-state index >= 15 is 0 Å². The van der Waals surface area contributed by atoms with Crippen molar-refractivity contribution >= 4 is 28.5 Å². The van der Waals surface area contributed by atoms with Crippen LogP contribution in [-0.2, 0) is 11.3 Å². The van der Waals surface area contributed by atoms with E-state index in [1.807, 2.05) is 19.1 Å². The van der Waals surface area contributed by atoms with Crippen LogP contribution in [0.5, 0.6) is 5.75 Å². The first-order valence-electron chi connectivity index (χ1n) is 10.6. The second-order valence-corrected chi connectivity index (χ2v) is 8.47. The molecule has 0 atom stereocenters. The fraction of sp³-hybridized carbons (Fsp3) is 0.185. The molecule has 0 saturated heterocycles. The van der Waals surface area contributed by atoms with Gasteiger partial charge in [0.1, 0.15) is 12.2 Å². The highest BCUT2D eigenvalue weighted by molar-refractivity contribution is 6.30. The van der Waals surface area contributed by atoms with Gasteiger partial charge in [-0.1, -0.05) is 29.8 Å². The number of hydrogen-bond acceptors (Lipinski definition) is 5. The van der Waals surface area contributed by atoms with Crippen LogP contribution in [0.1, 0.15) is 35.3 Å². The number of halogens is 1. The molecule has 4 rings (SSSR count). The van der Waals surface area contributed by atoms with Crippen molar-refractivity contribution in [3.05, 3.63) is 98.7 Å². The lowest BCUT2D eigenvalue weighted by atomic mass is 10.1. The third-order valence-corrected chi connectivity index (χ3v) is 5.28. The number of carbonyl (C=O) groups excluding carboxylic acids is 1. The molecule has 0 fully saturated rings. The van der Waals surface area contributed by atoms with Crippen molar-refractivity contribution in [3.63, 3.8) is 0 Å². The summed E-state index contributed by atoms with van der Waals surface area (Å²) in [7, 11) is 0. The maximum atomic E-state index is 13.3. The third kappa shape index (κ3) is 5.10. The van der Waals surface area contributed by atoms with Gasteiger partial charge in [0.25, 0.3) is 0 Å². The number of rotatable bonds is 6. The van der Waals surface area contributed by atoms with Crippen LogP contribution in [0.15, 0.2) is 75.9 Å². The van der Waals surface area contributed by atoms with Gasteiger partial charge < -0.3 is 13.9 Å². The lowest BCUT2D eigenvalue weighted by Crippen LogP contribution is -2.12. The first-order chi connectivity index (χ1) is 15.8. The Morgan fingerprint density at radius 3 is 2.36 bits per heavy atom. The number of ether oxygens (including phenoxy) is 2. The molecule has 0 radical (unpaired) electrons. The van der Waals surface area contributed by atoms with E-state index in [0.717, 1.165) is 11.1 Å². The zero-order valence-electron chi connectivity index (χ0n) is 18.6. The predicted octanol–water partition coefficient (Wildman–Crippen LogP) is 6.57. The van der Waals surface area contributed by atoms with Crippen molar-refractivity contribution in [2.75, 3.05) is 0 Å². The lowest BCUT2D eigenvalue weighted by molar-refractivity contribution is 0.0378. The fourth-order valence-electron chi connectivity index (χ4n) is 3.38. The summed E-state index contributed by atoms with van der Waals surface area (Å²) in [6, 6.07) is 19.3. The van der Waals surface area contributed by atoms with Crippen LogP contribution in [0.2, 0.25) is 5.02 Å². The van der Waals surface area contributed by atoms with E-state index in [4.69, 9.17) is 25.5 Å². The Bertz CT molecular complexity index is 1350. The van der Waals surface area contributed by atoms with Crippen LogP contribution in [0.3, 0.4) is 0 Å². The molecule has 1 aromatic heterocycles. The Hall–Kier alpha value is -3.57. The molecule has 4 aromatic rings. The molecule has 0 N–H and O–H groups in total. The molecule has 0 saturated carbocycles. The normalized spacial score (nSPS) is 11.1. The molecule has 168 valence electrons. The van der Waals surface area contributed by atoms with Crippen LogP contribution in [-0.4, -0.2) is 12.1 Å². The molecule has 5 nitrogen and oxygen atoms in total. The predicted molar refractivity (Wildman–Crippen MR) is 129 cm³/mol. The van der Waals surface area contributed by atoms with Crippen molar-refractivity contribution in [1.29, 1.82) is 0 Å². The summed E-state index contributed by atoms with van der Waals surface area (Å²) in [6.45, 7) is 5.66. The highest BCUT2D eigenvalue weighted by Gasteiger charge is 2.18. The molecule has 0 unspecified atom stereocenters. The van der Waals surface area contributed by atoms with E-state index in [1.54, 1.807) is 68.4 Å². The van der Waals surface area contributed by atoms with Crippen LogP contribution < -0.4 is 10.2 Å². The van der Waals surface area contributed by atoms with Gasteiger partial charge in [-0.05, 0) is 80.4 Å². The first kappa shape index (κ1) is 22.6. The molecular weight excluding hydrogens is 440 g/mol. The third-order valence-electron chi connectivity index (χ3n) is 5.03. The highest BCUT2D eigenvalue weighted by Crippen LogP contribution is 2.32. The van der Waals surface area contributed by atoms with E-state index in [2.05, 4.69) is 0 Å². The minimum absolute atomic E-state index is 0.122. The van der Waals surface area contributed by atoms with Gasteiger partial charge in [0, 0.05) is 10.6 Å². The van der Waals surface area contributed by atoms with Gasteiger partial charge in [-0.3, -0.25) is 4.79 Å². The molecule has 6 heteroatoms. The summed E-state index contributed by atoms with van der Waals surface area (Å²) < 4.78 is 17.3. The number of esters is 1. The second kappa shape index (κ2) is 9.51. The number of hydrogen-bond donors (Lipinski definition) is 0. The van der Waals surface area contributed by atoms with Crippen molar-refractivity contribution in [2.24, 2.45) is 0 Å². The maximum absolute atomic E-state index is 13.3. The van der Waals surface area contributed by atoms with Gasteiger partial charge in [-0.25, -0.2) is 4.79 Å². The molecule has 0 amide bonds. The zero-order chi connectivity index (χ0) is 23.5. The van der Waals surface area contributed by atoms with Gasteiger partial charge in [-0.2, -0.15) is 0 Å². The Morgan fingerprint density at radius 2 is 1.70 bits per heavy atom. The van der Waals surface area contributed by atoms with Gasteiger partial charge in [0.15, 0.2) is 5.76 Å². The average Bonchev–Trinajstić information content (AvgIpc) is 2.78. The van der Waals surface area contributed by atoms with Gasteiger partial charge in [0.05, 0.1) is 17.1 Å². The van der Waals surface area contributed by atoms with Gasteiger partial charge >= 0.3 is 5.97 Å². The van der Waals surface area contributed by atoms with Crippen molar-refractivity contribution < 1.29 is 18.7 Å². The summed E-state index contributed by atoms with van der Waals surface area (Å²) in [5.74, 6) is 0.0804. The lowest BCUT2D eigenvalue weighted by Gasteiger charge is -2.13. The smallest absolute Gasteiger partial charge is 0.338 e. The molecule has 33 heavy (non-hydrogen) atoms. The van der Waals surface area contributed by atoms with Crippen molar-refractivity contribution in [3.8, 4) is 17.1 Å². The molecular formula is C27H23ClO5. The van der Waals surface area contributed by atoms with Gasteiger partial charge in [0.2, 0.25) is 11.2 Å². The van der Waals surface area contributed by atoms with Crippen LogP contribution in [0, 0.1) is 6.92 Å². The molecule has 1 heterocycles. The first-order valence-corrected chi connectivity index (χ1v) is 11.0. The quantitative estimate of drug-likeness (QED) is 0.303. The SMILES string of the molecule is Cc1ccc2c(=O)c(OCc3ccc(C(=O)OC(C)C)cc3)c(-c3ccc(Cl)cc3)oc2c1. The van der Waals surface area contributed by atoms with E-state index < -0.39 is 0 Å². The standard InChI is InChI=1S/C27H23ClO5/c1-16(2)32-27(30)20-7-5-18(6-8-20)15-31-26-24(29)22-13-4-17(3)14-23(22)33-25(26)19-9-11-21(28)12-10-19/h4-14,16H,15H2,1-3H3. The minimum Gasteiger partial charge on any atom is -0.481 e. The molecule has 0 aliphatic rings. The topological polar surface area (TPSA) is 65.7 Å². The monoisotopic (exact) mass is 462 g/mol. The average molecular weight is 463 g/mol. The molecule has 0 aliphatic heterocycles. The van der Waals surface area contributed by atoms with E-state index in [9.17, 15) is 9.59 Å². The van der Waals surface area contributed by atoms with Crippen LogP contribution in [0.4, 0.5) is 0 Å². The van der Waals surface area contributed by atoms with Crippen molar-refractivity contribution in [1.82, 2.24) is 0 Å². The maximum Gasteiger partial charge on any atom is 0.338 e. The fourth-order valence-corrected chi connectivity index (χ4v) is 3.51. The highest BCUT2D eigenvalue weighted by atomic mass is 35.5. The van der Waals surface area contributed by atoms with E-state index in [1.165, 1.54) is 0 Å². The van der Waals surface area contributed by atoms with Crippen LogP contribution >= 0.6 is 11.6 Å². The second-order valence-electron chi connectivity index (χ2n) is 8.04. The summed E-state index contributed by atoms with van der Waals surface area (Å²) in [5.41, 5.74) is 3.15. The molecule has 3 aromatic carbocycles. The molecule has 0 spiro atoms. The van der Waals surface area contributed by atoms with E-state index in [0.29, 0.717) is 32.9 Å². The molecule has 0 aliphatic carbocycles. The Balaban J connectivity index is 1.68. The zero-order valence-corrected chi connectivity index (χ0v) is 19.3. The largest absolute Gasteiger partial charge is 0.481 e. The molecule has 0 bridgehead atoms. The Labute approximate surface area is 196 Å². The summed E-state index contributed by atoms with van der Waals surface area (Å²) >= 11 is 6.03. The Kier molecular flexibility index (Phi) is 6.52. The van der Waals surface area contributed by atoms with Crippen LogP contribution in [0.25, 0.3) is 22.3 Å². The summed E-state index contributed by atoms with van der Waals surface area (Å²) in [6.07, 6.45) is -0.192.